The Labute approximate surface area is 157 Å². The molecule has 1 unspecified atom stereocenters. The minimum absolute atomic E-state index is 0.0149. The fourth-order valence-electron chi connectivity index (χ4n) is 2.85. The summed E-state index contributed by atoms with van der Waals surface area (Å²) in [5.74, 6) is -0.462. The summed E-state index contributed by atoms with van der Waals surface area (Å²) in [6, 6.07) is 9.76. The zero-order valence-corrected chi connectivity index (χ0v) is 16.9. The Hall–Kier alpha value is -1.20. The molecule has 1 aliphatic heterocycles. The van der Waals surface area contributed by atoms with Crippen molar-refractivity contribution in [1.82, 2.24) is 4.90 Å². The van der Waals surface area contributed by atoms with Crippen LogP contribution in [0.25, 0.3) is 0 Å². The second-order valence-corrected chi connectivity index (χ2v) is 7.61. The molecule has 6 heteroatoms. The van der Waals surface area contributed by atoms with Crippen LogP contribution in [0.3, 0.4) is 0 Å². The molecule has 1 N–H and O–H groups in total. The molecule has 2 rings (SSSR count). The Morgan fingerprint density at radius 3 is 2.56 bits per heavy atom. The molecule has 0 aliphatic carbocycles. The van der Waals surface area contributed by atoms with E-state index in [4.69, 9.17) is 9.47 Å². The Morgan fingerprint density at radius 1 is 1.32 bits per heavy atom. The van der Waals surface area contributed by atoms with Crippen molar-refractivity contribution in [3.63, 3.8) is 0 Å². The summed E-state index contributed by atoms with van der Waals surface area (Å²) in [5.41, 5.74) is 1.03. The molecule has 1 saturated heterocycles. The van der Waals surface area contributed by atoms with E-state index in [1.807, 2.05) is 30.3 Å². The molecule has 1 aromatic carbocycles. The average Bonchev–Trinajstić information content (AvgIpc) is 3.00. The second-order valence-electron chi connectivity index (χ2n) is 6.88. The third kappa shape index (κ3) is 4.91. The van der Waals surface area contributed by atoms with Crippen molar-refractivity contribution in [2.24, 2.45) is 11.8 Å². The number of carbonyl (C=O) groups is 1. The van der Waals surface area contributed by atoms with E-state index in [1.165, 1.54) is 0 Å². The number of benzene rings is 1. The summed E-state index contributed by atoms with van der Waals surface area (Å²) in [4.78, 5) is 14.5. The molecule has 1 amide bonds. The summed E-state index contributed by atoms with van der Waals surface area (Å²) >= 11 is 2.81. The van der Waals surface area contributed by atoms with Crippen LogP contribution in [-0.4, -0.2) is 61.1 Å². The van der Waals surface area contributed by atoms with Gasteiger partial charge in [0.1, 0.15) is 0 Å². The van der Waals surface area contributed by atoms with Gasteiger partial charge in [-0.15, -0.1) is 0 Å². The number of ether oxygens (including phenoxy) is 2. The van der Waals surface area contributed by atoms with Crippen molar-refractivity contribution in [2.75, 3.05) is 6.61 Å². The zero-order valence-electron chi connectivity index (χ0n) is 15.2. The van der Waals surface area contributed by atoms with Crippen molar-refractivity contribution >= 4 is 26.2 Å². The van der Waals surface area contributed by atoms with Gasteiger partial charge in [-0.3, -0.25) is 0 Å². The van der Waals surface area contributed by atoms with E-state index in [9.17, 15) is 9.90 Å². The van der Waals surface area contributed by atoms with E-state index in [0.717, 1.165) is 5.56 Å². The quantitative estimate of drug-likeness (QED) is 0.693. The molecule has 138 valence electrons. The van der Waals surface area contributed by atoms with E-state index in [0.29, 0.717) is 17.9 Å². The molecule has 1 aromatic rings. The molecule has 1 fully saturated rings. The molecule has 1 heterocycles. The number of hydrogen-bond donors (Lipinski definition) is 1. The van der Waals surface area contributed by atoms with Gasteiger partial charge in [-0.05, 0) is 0 Å². The van der Waals surface area contributed by atoms with Gasteiger partial charge in [-0.25, -0.2) is 0 Å². The van der Waals surface area contributed by atoms with Gasteiger partial charge in [0.25, 0.3) is 0 Å². The van der Waals surface area contributed by atoms with Crippen molar-refractivity contribution < 1.29 is 19.4 Å². The summed E-state index contributed by atoms with van der Waals surface area (Å²) in [7, 11) is 0. The maximum atomic E-state index is 12.9. The molecular weight excluding hydrogens is 385 g/mol. The van der Waals surface area contributed by atoms with Crippen LogP contribution in [0.15, 0.2) is 30.3 Å². The third-order valence-electron chi connectivity index (χ3n) is 4.65. The number of aliphatic hydroxyl groups excluding tert-OH is 1. The molecule has 5 nitrogen and oxygen atoms in total. The number of amides is 1. The van der Waals surface area contributed by atoms with Crippen LogP contribution in [0.4, 0.5) is 0 Å². The first-order chi connectivity index (χ1) is 11.8. The summed E-state index contributed by atoms with van der Waals surface area (Å²) in [6.07, 6.45) is -1.35. The topological polar surface area (TPSA) is 59.0 Å². The first kappa shape index (κ1) is 20.1. The van der Waals surface area contributed by atoms with Gasteiger partial charge in [0, 0.05) is 0 Å². The van der Waals surface area contributed by atoms with E-state index in [-0.39, 0.29) is 17.9 Å². The van der Waals surface area contributed by atoms with E-state index >= 15 is 0 Å². The summed E-state index contributed by atoms with van der Waals surface area (Å²) in [5, 5.41) is 10.6. The molecule has 0 bridgehead atoms. The minimum atomic E-state index is -0.891. The SMILES string of the molecule is CC(OCc1ccccc1)[C@@H](O)[C@@H](C)C(=O)N1C(=[Se])OC[C@@H]1C(C)C. The number of nitrogens with zero attached hydrogens (tertiary/aromatic N) is 1. The first-order valence-electron chi connectivity index (χ1n) is 8.66. The number of rotatable bonds is 7. The van der Waals surface area contributed by atoms with E-state index < -0.39 is 18.1 Å². The van der Waals surface area contributed by atoms with E-state index in [1.54, 1.807) is 18.7 Å². The van der Waals surface area contributed by atoms with Crippen LogP contribution in [0.5, 0.6) is 0 Å². The van der Waals surface area contributed by atoms with Gasteiger partial charge < -0.3 is 0 Å². The Morgan fingerprint density at radius 2 is 1.96 bits per heavy atom. The summed E-state index contributed by atoms with van der Waals surface area (Å²) in [6.45, 7) is 8.52. The molecular formula is C19H27NO4Se. The van der Waals surface area contributed by atoms with Gasteiger partial charge >= 0.3 is 157 Å². The van der Waals surface area contributed by atoms with Crippen LogP contribution < -0.4 is 0 Å². The predicted octanol–water partition coefficient (Wildman–Crippen LogP) is 1.73. The van der Waals surface area contributed by atoms with Crippen LogP contribution >= 0.6 is 0 Å². The van der Waals surface area contributed by atoms with Gasteiger partial charge in [-0.1, -0.05) is 0 Å². The third-order valence-corrected chi connectivity index (χ3v) is 5.31. The fourth-order valence-corrected chi connectivity index (χ4v) is 3.47. The Balaban J connectivity index is 1.96. The van der Waals surface area contributed by atoms with Crippen LogP contribution in [0.2, 0.25) is 0 Å². The molecule has 0 saturated carbocycles. The Kier molecular flexibility index (Phi) is 7.20. The average molecular weight is 412 g/mol. The first-order valence-corrected chi connectivity index (χ1v) is 9.52. The van der Waals surface area contributed by atoms with Gasteiger partial charge in [0.05, 0.1) is 0 Å². The zero-order chi connectivity index (χ0) is 18.6. The van der Waals surface area contributed by atoms with Gasteiger partial charge in [0.15, 0.2) is 0 Å². The molecule has 0 spiro atoms. The van der Waals surface area contributed by atoms with Crippen molar-refractivity contribution in [1.29, 1.82) is 0 Å². The van der Waals surface area contributed by atoms with Crippen molar-refractivity contribution in [3.05, 3.63) is 35.9 Å². The fraction of sp³-hybridized carbons (Fsp3) is 0.579. The number of aliphatic hydroxyl groups is 1. The normalized spacial score (nSPS) is 21.1. The predicted molar refractivity (Wildman–Crippen MR) is 98.0 cm³/mol. The number of carbonyl (C=O) groups excluding carboxylic acids is 1. The van der Waals surface area contributed by atoms with E-state index in [2.05, 4.69) is 29.4 Å². The Bertz CT molecular complexity index is 592. The molecule has 4 atom stereocenters. The second kappa shape index (κ2) is 8.95. The molecule has 25 heavy (non-hydrogen) atoms. The number of hydrogen-bond acceptors (Lipinski definition) is 4. The standard InChI is InChI=1S/C19H27NO4Se/c1-12(2)16-11-24-19(25)20(16)18(22)13(3)17(21)14(4)23-10-15-8-6-5-7-9-15/h5-9,12-14,16-17,21H,10-11H2,1-4H3/t13-,14?,16-,17+/m1/s1. The van der Waals surface area contributed by atoms with Crippen molar-refractivity contribution in [3.8, 4) is 0 Å². The monoisotopic (exact) mass is 413 g/mol. The van der Waals surface area contributed by atoms with Crippen LogP contribution in [0, 0.1) is 11.8 Å². The van der Waals surface area contributed by atoms with Gasteiger partial charge in [-0.2, -0.15) is 0 Å². The van der Waals surface area contributed by atoms with Crippen LogP contribution in [-0.2, 0) is 20.9 Å². The van der Waals surface area contributed by atoms with Crippen LogP contribution in [0.1, 0.15) is 33.3 Å². The van der Waals surface area contributed by atoms with Crippen molar-refractivity contribution in [2.45, 2.75) is 52.6 Å². The molecule has 1 aliphatic rings. The summed E-state index contributed by atoms with van der Waals surface area (Å²) < 4.78 is 11.8. The van der Waals surface area contributed by atoms with Gasteiger partial charge in [0.2, 0.25) is 0 Å². The molecule has 0 radical (unpaired) electrons. The molecule has 0 aromatic heterocycles. The maximum absolute atomic E-state index is 12.9.